The molecule has 6 heteroatoms. The Bertz CT molecular complexity index is 574. The quantitative estimate of drug-likeness (QED) is 0.910. The number of nitrogens with two attached hydrogens (primary N) is 1. The van der Waals surface area contributed by atoms with Gasteiger partial charge in [-0.05, 0) is 38.3 Å². The Morgan fingerprint density at radius 2 is 2.11 bits per heavy atom. The van der Waals surface area contributed by atoms with E-state index in [-0.39, 0.29) is 17.0 Å². The summed E-state index contributed by atoms with van der Waals surface area (Å²) in [4.78, 5) is 0.191. The first-order valence-corrected chi connectivity index (χ1v) is 8.18. The Hall–Kier alpha value is -0.620. The summed E-state index contributed by atoms with van der Waals surface area (Å²) in [7, 11) is -3.54. The van der Waals surface area contributed by atoms with Gasteiger partial charge in [0.15, 0.2) is 0 Å². The second kappa shape index (κ2) is 5.40. The molecular formula is C13H19ClN2O2S. The van der Waals surface area contributed by atoms with Gasteiger partial charge in [0.25, 0.3) is 0 Å². The van der Waals surface area contributed by atoms with Crippen LogP contribution in [0.1, 0.15) is 25.3 Å². The largest absolute Gasteiger partial charge is 0.328 e. The number of hydrogen-bond acceptors (Lipinski definition) is 3. The van der Waals surface area contributed by atoms with Crippen molar-refractivity contribution in [3.63, 3.8) is 0 Å². The van der Waals surface area contributed by atoms with Crippen LogP contribution in [0.2, 0.25) is 5.02 Å². The molecule has 106 valence electrons. The zero-order chi connectivity index (χ0) is 14.2. The minimum absolute atomic E-state index is 0.0782. The molecule has 0 spiro atoms. The summed E-state index contributed by atoms with van der Waals surface area (Å²) in [5.41, 5.74) is 6.64. The van der Waals surface area contributed by atoms with Crippen LogP contribution in [0.25, 0.3) is 0 Å². The molecule has 1 aliphatic rings. The Balaban J connectivity index is 2.40. The number of aryl methyl sites for hydroxylation is 1. The van der Waals surface area contributed by atoms with Gasteiger partial charge in [-0.15, -0.1) is 0 Å². The first-order chi connectivity index (χ1) is 8.84. The zero-order valence-electron chi connectivity index (χ0n) is 11.1. The van der Waals surface area contributed by atoms with E-state index < -0.39 is 10.0 Å². The SMILES string of the molecule is Cc1cccc(S(=O)(=O)N2CC[C@@H](N)C[C@H]2C)c1Cl. The number of halogens is 1. The van der Waals surface area contributed by atoms with Crippen LogP contribution < -0.4 is 5.73 Å². The second-order valence-corrected chi connectivity index (χ2v) is 7.37. The molecular weight excluding hydrogens is 284 g/mol. The van der Waals surface area contributed by atoms with E-state index in [1.165, 1.54) is 4.31 Å². The van der Waals surface area contributed by atoms with E-state index in [1.54, 1.807) is 25.1 Å². The minimum Gasteiger partial charge on any atom is -0.328 e. The third-order valence-corrected chi connectivity index (χ3v) is 6.27. The zero-order valence-corrected chi connectivity index (χ0v) is 12.7. The lowest BCUT2D eigenvalue weighted by Gasteiger charge is -2.35. The van der Waals surface area contributed by atoms with Gasteiger partial charge in [0.05, 0.1) is 5.02 Å². The third kappa shape index (κ3) is 2.79. The van der Waals surface area contributed by atoms with Gasteiger partial charge in [0.2, 0.25) is 10.0 Å². The fourth-order valence-electron chi connectivity index (χ4n) is 2.49. The summed E-state index contributed by atoms with van der Waals surface area (Å²) in [6.07, 6.45) is 1.37. The lowest BCUT2D eigenvalue weighted by atomic mass is 10.0. The Kier molecular flexibility index (Phi) is 4.20. The number of rotatable bonds is 2. The molecule has 2 N–H and O–H groups in total. The smallest absolute Gasteiger partial charge is 0.244 e. The van der Waals surface area contributed by atoms with Crippen molar-refractivity contribution in [2.75, 3.05) is 6.54 Å². The first-order valence-electron chi connectivity index (χ1n) is 6.36. The summed E-state index contributed by atoms with van der Waals surface area (Å²) in [5, 5.41) is 0.310. The van der Waals surface area contributed by atoms with E-state index in [0.29, 0.717) is 24.4 Å². The molecule has 1 aliphatic heterocycles. The van der Waals surface area contributed by atoms with Crippen LogP contribution in [0.3, 0.4) is 0 Å². The Morgan fingerprint density at radius 1 is 1.42 bits per heavy atom. The van der Waals surface area contributed by atoms with Crippen molar-refractivity contribution in [1.29, 1.82) is 0 Å². The van der Waals surface area contributed by atoms with E-state index >= 15 is 0 Å². The van der Waals surface area contributed by atoms with Gasteiger partial charge in [-0.25, -0.2) is 8.42 Å². The summed E-state index contributed by atoms with van der Waals surface area (Å²) in [5.74, 6) is 0. The molecule has 0 aromatic heterocycles. The van der Waals surface area contributed by atoms with Crippen molar-refractivity contribution in [2.24, 2.45) is 5.73 Å². The number of piperidine rings is 1. The summed E-state index contributed by atoms with van der Waals surface area (Å²) >= 11 is 6.14. The van der Waals surface area contributed by atoms with Gasteiger partial charge in [0, 0.05) is 18.6 Å². The third-order valence-electron chi connectivity index (χ3n) is 3.60. The molecule has 0 radical (unpaired) electrons. The predicted octanol–water partition coefficient (Wildman–Crippen LogP) is 2.15. The molecule has 1 saturated heterocycles. The molecule has 1 aromatic carbocycles. The normalized spacial score (nSPS) is 25.5. The Labute approximate surface area is 119 Å². The second-order valence-electron chi connectivity index (χ2n) is 5.14. The fraction of sp³-hybridized carbons (Fsp3) is 0.538. The average Bonchev–Trinajstić information content (AvgIpc) is 2.31. The molecule has 2 rings (SSSR count). The van der Waals surface area contributed by atoms with Crippen molar-refractivity contribution in [1.82, 2.24) is 4.31 Å². The van der Waals surface area contributed by atoms with Gasteiger partial charge >= 0.3 is 0 Å². The minimum atomic E-state index is -3.54. The van der Waals surface area contributed by atoms with Crippen LogP contribution in [0.15, 0.2) is 23.1 Å². The summed E-state index contributed by atoms with van der Waals surface area (Å²) < 4.78 is 26.9. The van der Waals surface area contributed by atoms with Crippen molar-refractivity contribution in [2.45, 2.75) is 43.7 Å². The molecule has 4 nitrogen and oxygen atoms in total. The van der Waals surface area contributed by atoms with Gasteiger partial charge in [0.1, 0.15) is 4.90 Å². The molecule has 1 fully saturated rings. The van der Waals surface area contributed by atoms with Crippen LogP contribution >= 0.6 is 11.6 Å². The lowest BCUT2D eigenvalue weighted by Crippen LogP contribution is -2.48. The molecule has 0 saturated carbocycles. The monoisotopic (exact) mass is 302 g/mol. The van der Waals surface area contributed by atoms with Crippen molar-refractivity contribution in [3.05, 3.63) is 28.8 Å². The highest BCUT2D eigenvalue weighted by atomic mass is 35.5. The van der Waals surface area contributed by atoms with Crippen LogP contribution in [-0.2, 0) is 10.0 Å². The molecule has 0 aliphatic carbocycles. The predicted molar refractivity (Wildman–Crippen MR) is 76.8 cm³/mol. The van der Waals surface area contributed by atoms with Crippen molar-refractivity contribution >= 4 is 21.6 Å². The molecule has 0 amide bonds. The van der Waals surface area contributed by atoms with Crippen LogP contribution in [0.5, 0.6) is 0 Å². The van der Waals surface area contributed by atoms with Crippen LogP contribution in [0.4, 0.5) is 0 Å². The van der Waals surface area contributed by atoms with Crippen molar-refractivity contribution in [3.8, 4) is 0 Å². The molecule has 1 heterocycles. The van der Waals surface area contributed by atoms with E-state index in [2.05, 4.69) is 0 Å². The maximum Gasteiger partial charge on any atom is 0.244 e. The maximum absolute atomic E-state index is 12.7. The first kappa shape index (κ1) is 14.8. The van der Waals surface area contributed by atoms with Crippen LogP contribution in [-0.4, -0.2) is 31.4 Å². The van der Waals surface area contributed by atoms with Gasteiger partial charge in [-0.3, -0.25) is 0 Å². The average molecular weight is 303 g/mol. The number of hydrogen-bond donors (Lipinski definition) is 1. The highest BCUT2D eigenvalue weighted by Gasteiger charge is 2.34. The fourth-order valence-corrected chi connectivity index (χ4v) is 4.70. The molecule has 19 heavy (non-hydrogen) atoms. The number of benzene rings is 1. The molecule has 0 bridgehead atoms. The van der Waals surface area contributed by atoms with Crippen molar-refractivity contribution < 1.29 is 8.42 Å². The highest BCUT2D eigenvalue weighted by Crippen LogP contribution is 2.30. The van der Waals surface area contributed by atoms with Gasteiger partial charge in [-0.2, -0.15) is 4.31 Å². The Morgan fingerprint density at radius 3 is 2.74 bits per heavy atom. The number of nitrogens with zero attached hydrogens (tertiary/aromatic N) is 1. The molecule has 2 atom stereocenters. The lowest BCUT2D eigenvalue weighted by molar-refractivity contribution is 0.247. The topological polar surface area (TPSA) is 63.4 Å². The van der Waals surface area contributed by atoms with E-state index in [0.717, 1.165) is 5.56 Å². The van der Waals surface area contributed by atoms with Gasteiger partial charge < -0.3 is 5.73 Å². The highest BCUT2D eigenvalue weighted by molar-refractivity contribution is 7.89. The number of sulfonamides is 1. The molecule has 0 unspecified atom stereocenters. The molecule has 1 aromatic rings. The summed E-state index contributed by atoms with van der Waals surface area (Å²) in [6.45, 7) is 4.14. The maximum atomic E-state index is 12.7. The van der Waals surface area contributed by atoms with E-state index in [4.69, 9.17) is 17.3 Å². The standard InChI is InChI=1S/C13H19ClN2O2S/c1-9-4-3-5-12(13(9)14)19(17,18)16-7-6-11(15)8-10(16)2/h3-5,10-11H,6-8,15H2,1-2H3/t10-,11-/m1/s1. The van der Waals surface area contributed by atoms with E-state index in [9.17, 15) is 8.42 Å². The van der Waals surface area contributed by atoms with Crippen LogP contribution in [0, 0.1) is 6.92 Å². The summed E-state index contributed by atoms with van der Waals surface area (Å²) in [6, 6.07) is 5.07. The van der Waals surface area contributed by atoms with E-state index in [1.807, 2.05) is 6.92 Å². The van der Waals surface area contributed by atoms with Gasteiger partial charge in [-0.1, -0.05) is 23.7 Å².